The lowest BCUT2D eigenvalue weighted by Crippen LogP contribution is -2.12. The zero-order valence-corrected chi connectivity index (χ0v) is 17.8. The predicted molar refractivity (Wildman–Crippen MR) is 121 cm³/mol. The maximum Gasteiger partial charge on any atom is 0.261 e. The van der Waals surface area contributed by atoms with E-state index in [1.54, 1.807) is 54.6 Å². The van der Waals surface area contributed by atoms with Crippen LogP contribution in [0, 0.1) is 0 Å². The van der Waals surface area contributed by atoms with E-state index in [0.717, 1.165) is 16.7 Å². The third kappa shape index (κ3) is 4.34. The maximum absolute atomic E-state index is 12.7. The highest BCUT2D eigenvalue weighted by Crippen LogP contribution is 2.29. The van der Waals surface area contributed by atoms with Crippen LogP contribution in [0.4, 0.5) is 10.8 Å². The molecule has 6 nitrogen and oxygen atoms in total. The first-order valence-corrected chi connectivity index (χ1v) is 11.6. The van der Waals surface area contributed by atoms with Crippen molar-refractivity contribution < 1.29 is 13.2 Å². The van der Waals surface area contributed by atoms with Gasteiger partial charge < -0.3 is 0 Å². The molecular weight excluding hydrogens is 418 g/mol. The van der Waals surface area contributed by atoms with E-state index in [2.05, 4.69) is 15.0 Å². The van der Waals surface area contributed by atoms with E-state index in [1.807, 2.05) is 25.1 Å². The van der Waals surface area contributed by atoms with Gasteiger partial charge in [0, 0.05) is 5.56 Å². The Labute approximate surface area is 178 Å². The van der Waals surface area contributed by atoms with Gasteiger partial charge in [-0.2, -0.15) is 0 Å². The molecule has 8 heteroatoms. The lowest BCUT2D eigenvalue weighted by atomic mass is 10.2. The number of nitrogens with zero attached hydrogens (tertiary/aromatic N) is 1. The van der Waals surface area contributed by atoms with E-state index < -0.39 is 10.0 Å². The van der Waals surface area contributed by atoms with Crippen LogP contribution in [-0.2, 0) is 16.4 Å². The van der Waals surface area contributed by atoms with Crippen molar-refractivity contribution in [2.75, 3.05) is 10.0 Å². The molecule has 1 aromatic heterocycles. The first-order valence-electron chi connectivity index (χ1n) is 9.33. The van der Waals surface area contributed by atoms with E-state index in [-0.39, 0.29) is 10.8 Å². The number of aryl methyl sites for hydroxylation is 1. The van der Waals surface area contributed by atoms with Crippen LogP contribution >= 0.6 is 11.3 Å². The van der Waals surface area contributed by atoms with Crippen LogP contribution in [0.2, 0.25) is 0 Å². The fourth-order valence-electron chi connectivity index (χ4n) is 2.92. The van der Waals surface area contributed by atoms with Gasteiger partial charge in [-0.15, -0.1) is 0 Å². The Balaban J connectivity index is 1.54. The van der Waals surface area contributed by atoms with Gasteiger partial charge in [0.15, 0.2) is 5.13 Å². The normalized spacial score (nSPS) is 11.4. The van der Waals surface area contributed by atoms with E-state index in [9.17, 15) is 13.2 Å². The number of aromatic nitrogens is 1. The number of hydrogen-bond donors (Lipinski definition) is 2. The minimum atomic E-state index is -3.69. The molecule has 0 bridgehead atoms. The molecular formula is C22H19N3O3S2. The van der Waals surface area contributed by atoms with Crippen LogP contribution in [0.15, 0.2) is 77.7 Å². The second-order valence-electron chi connectivity index (χ2n) is 6.62. The summed E-state index contributed by atoms with van der Waals surface area (Å²) < 4.78 is 28.7. The summed E-state index contributed by atoms with van der Waals surface area (Å²) in [6.45, 7) is 2.02. The molecule has 0 unspecified atom stereocenters. The van der Waals surface area contributed by atoms with Crippen molar-refractivity contribution in [3.63, 3.8) is 0 Å². The standard InChI is InChI=1S/C22H19N3O3S2/c1-2-15-8-11-18(12-9-15)30(27,28)25-17-10-13-19-20(14-17)29-22(23-19)24-21(26)16-6-4-3-5-7-16/h3-14,25H,2H2,1H3,(H,23,24,26). The van der Waals surface area contributed by atoms with E-state index in [4.69, 9.17) is 0 Å². The summed E-state index contributed by atoms with van der Waals surface area (Å²) in [5.74, 6) is -0.244. The van der Waals surface area contributed by atoms with Crippen molar-refractivity contribution in [2.24, 2.45) is 0 Å². The molecule has 0 aliphatic carbocycles. The molecule has 30 heavy (non-hydrogen) atoms. The molecule has 0 radical (unpaired) electrons. The molecule has 1 heterocycles. The summed E-state index contributed by atoms with van der Waals surface area (Å²) in [7, 11) is -3.69. The lowest BCUT2D eigenvalue weighted by Gasteiger charge is -2.08. The summed E-state index contributed by atoms with van der Waals surface area (Å²) in [6.07, 6.45) is 0.846. The number of rotatable bonds is 6. The second kappa shape index (κ2) is 8.25. The Hall–Kier alpha value is -3.23. The molecule has 0 fully saturated rings. The second-order valence-corrected chi connectivity index (χ2v) is 9.34. The van der Waals surface area contributed by atoms with Gasteiger partial charge in [-0.25, -0.2) is 13.4 Å². The third-order valence-electron chi connectivity index (χ3n) is 4.54. The SMILES string of the molecule is CCc1ccc(S(=O)(=O)Nc2ccc3nc(NC(=O)c4ccccc4)sc3c2)cc1. The molecule has 0 aliphatic rings. The number of hydrogen-bond acceptors (Lipinski definition) is 5. The van der Waals surface area contributed by atoms with Crippen molar-refractivity contribution in [3.8, 4) is 0 Å². The summed E-state index contributed by atoms with van der Waals surface area (Å²) in [5, 5.41) is 3.23. The largest absolute Gasteiger partial charge is 0.298 e. The Kier molecular flexibility index (Phi) is 5.52. The number of amides is 1. The number of sulfonamides is 1. The number of thiazole rings is 1. The van der Waals surface area contributed by atoms with Gasteiger partial charge in [0.25, 0.3) is 15.9 Å². The highest BCUT2D eigenvalue weighted by atomic mass is 32.2. The molecule has 2 N–H and O–H groups in total. The van der Waals surface area contributed by atoms with Gasteiger partial charge in [-0.05, 0) is 54.4 Å². The van der Waals surface area contributed by atoms with Gasteiger partial charge in [0.05, 0.1) is 20.8 Å². The lowest BCUT2D eigenvalue weighted by molar-refractivity contribution is 0.102. The highest BCUT2D eigenvalue weighted by molar-refractivity contribution is 7.92. The van der Waals surface area contributed by atoms with Gasteiger partial charge in [0.2, 0.25) is 0 Å². The van der Waals surface area contributed by atoms with Crippen molar-refractivity contribution in [2.45, 2.75) is 18.2 Å². The zero-order chi connectivity index (χ0) is 21.1. The average molecular weight is 438 g/mol. The number of nitrogens with one attached hydrogen (secondary N) is 2. The molecule has 4 aromatic rings. The van der Waals surface area contributed by atoms with Crippen LogP contribution < -0.4 is 10.0 Å². The Bertz CT molecular complexity index is 1300. The van der Waals surface area contributed by atoms with Crippen LogP contribution in [0.3, 0.4) is 0 Å². The van der Waals surface area contributed by atoms with E-state index in [1.165, 1.54) is 11.3 Å². The van der Waals surface area contributed by atoms with Crippen molar-refractivity contribution in [3.05, 3.63) is 83.9 Å². The van der Waals surface area contributed by atoms with Gasteiger partial charge in [-0.1, -0.05) is 48.6 Å². The third-order valence-corrected chi connectivity index (χ3v) is 6.87. The molecule has 0 spiro atoms. The highest BCUT2D eigenvalue weighted by Gasteiger charge is 2.15. The van der Waals surface area contributed by atoms with Crippen LogP contribution in [-0.4, -0.2) is 19.3 Å². The smallest absolute Gasteiger partial charge is 0.261 e. The first-order chi connectivity index (χ1) is 14.4. The topological polar surface area (TPSA) is 88.2 Å². The van der Waals surface area contributed by atoms with Crippen LogP contribution in [0.25, 0.3) is 10.2 Å². The van der Waals surface area contributed by atoms with Crippen molar-refractivity contribution in [1.29, 1.82) is 0 Å². The molecule has 3 aromatic carbocycles. The molecule has 1 amide bonds. The van der Waals surface area contributed by atoms with Gasteiger partial charge in [-0.3, -0.25) is 14.8 Å². The minimum absolute atomic E-state index is 0.208. The first kappa shape index (κ1) is 20.1. The number of carbonyl (C=O) groups is 1. The number of fused-ring (bicyclic) bond motifs is 1. The Morgan fingerprint density at radius 1 is 1.00 bits per heavy atom. The van der Waals surface area contributed by atoms with Crippen LogP contribution in [0.5, 0.6) is 0 Å². The Morgan fingerprint density at radius 3 is 2.43 bits per heavy atom. The number of carbonyl (C=O) groups excluding carboxylic acids is 1. The Morgan fingerprint density at radius 2 is 1.73 bits per heavy atom. The number of anilines is 2. The fraction of sp³-hybridized carbons (Fsp3) is 0.0909. The molecule has 152 valence electrons. The zero-order valence-electron chi connectivity index (χ0n) is 16.1. The summed E-state index contributed by atoms with van der Waals surface area (Å²) >= 11 is 1.28. The van der Waals surface area contributed by atoms with E-state index in [0.29, 0.717) is 21.9 Å². The molecule has 0 saturated heterocycles. The molecule has 0 aliphatic heterocycles. The van der Waals surface area contributed by atoms with Crippen molar-refractivity contribution >= 4 is 48.3 Å². The maximum atomic E-state index is 12.7. The van der Waals surface area contributed by atoms with Crippen LogP contribution in [0.1, 0.15) is 22.8 Å². The van der Waals surface area contributed by atoms with E-state index >= 15 is 0 Å². The van der Waals surface area contributed by atoms with Gasteiger partial charge in [0.1, 0.15) is 0 Å². The van der Waals surface area contributed by atoms with Gasteiger partial charge >= 0.3 is 0 Å². The number of benzene rings is 3. The minimum Gasteiger partial charge on any atom is -0.298 e. The molecule has 0 saturated carbocycles. The quantitative estimate of drug-likeness (QED) is 0.448. The van der Waals surface area contributed by atoms with Crippen molar-refractivity contribution in [1.82, 2.24) is 4.98 Å². The monoisotopic (exact) mass is 437 g/mol. The molecule has 0 atom stereocenters. The molecule has 4 rings (SSSR count). The summed E-state index contributed by atoms with van der Waals surface area (Å²) in [5.41, 5.74) is 2.73. The average Bonchev–Trinajstić information content (AvgIpc) is 3.15. The summed E-state index contributed by atoms with van der Waals surface area (Å²) in [6, 6.07) is 20.8. The summed E-state index contributed by atoms with van der Waals surface area (Å²) in [4.78, 5) is 16.9. The predicted octanol–water partition coefficient (Wildman–Crippen LogP) is 4.91. The fourth-order valence-corrected chi connectivity index (χ4v) is 4.87.